The average Bonchev–Trinajstić information content (AvgIpc) is 2.34. The molecule has 0 aromatic rings. The van der Waals surface area contributed by atoms with E-state index in [2.05, 4.69) is 11.8 Å². The standard InChI is InChI=1S/C15H29NO2/c1-2-8-15(17)12-16(13-15)9-4-3-5-14-6-10-18-11-7-14/h14,17H,2-13H2,1H3. The monoisotopic (exact) mass is 255 g/mol. The third-order valence-corrected chi connectivity index (χ3v) is 4.43. The predicted molar refractivity (Wildman–Crippen MR) is 73.7 cm³/mol. The summed E-state index contributed by atoms with van der Waals surface area (Å²) >= 11 is 0. The molecule has 2 heterocycles. The summed E-state index contributed by atoms with van der Waals surface area (Å²) in [7, 11) is 0. The quantitative estimate of drug-likeness (QED) is 0.709. The fourth-order valence-corrected chi connectivity index (χ4v) is 3.37. The van der Waals surface area contributed by atoms with Crippen LogP contribution in [0.5, 0.6) is 0 Å². The molecule has 2 fully saturated rings. The van der Waals surface area contributed by atoms with Gasteiger partial charge in [-0.1, -0.05) is 26.2 Å². The number of unbranched alkanes of at least 4 members (excludes halogenated alkanes) is 1. The Hall–Kier alpha value is -0.120. The minimum absolute atomic E-state index is 0.352. The zero-order valence-electron chi connectivity index (χ0n) is 11.9. The Bertz CT molecular complexity index is 233. The van der Waals surface area contributed by atoms with Crippen LogP contribution in [0.2, 0.25) is 0 Å². The second-order valence-corrected chi connectivity index (χ2v) is 6.24. The average molecular weight is 255 g/mol. The first-order chi connectivity index (χ1) is 8.72. The summed E-state index contributed by atoms with van der Waals surface area (Å²) in [5.41, 5.74) is -0.352. The smallest absolute Gasteiger partial charge is 0.0900 e. The minimum atomic E-state index is -0.352. The van der Waals surface area contributed by atoms with Gasteiger partial charge in [-0.25, -0.2) is 0 Å². The van der Waals surface area contributed by atoms with Gasteiger partial charge in [0.15, 0.2) is 0 Å². The Morgan fingerprint density at radius 2 is 1.94 bits per heavy atom. The zero-order valence-corrected chi connectivity index (χ0v) is 11.9. The summed E-state index contributed by atoms with van der Waals surface area (Å²) < 4.78 is 5.38. The molecule has 0 saturated carbocycles. The molecule has 0 aromatic heterocycles. The SMILES string of the molecule is CCCC1(O)CN(CCCCC2CCOCC2)C1. The normalized spacial score (nSPS) is 25.0. The number of likely N-dealkylation sites (tertiary alicyclic amines) is 1. The van der Waals surface area contributed by atoms with E-state index in [1.807, 2.05) is 0 Å². The first-order valence-electron chi connectivity index (χ1n) is 7.74. The Labute approximate surface area is 112 Å². The van der Waals surface area contributed by atoms with Crippen molar-refractivity contribution in [3.63, 3.8) is 0 Å². The zero-order chi connectivity index (χ0) is 12.8. The lowest BCUT2D eigenvalue weighted by Crippen LogP contribution is -2.61. The molecule has 0 radical (unpaired) electrons. The molecular formula is C15H29NO2. The highest BCUT2D eigenvalue weighted by molar-refractivity contribution is 4.94. The first-order valence-corrected chi connectivity index (χ1v) is 7.74. The number of hydrogen-bond donors (Lipinski definition) is 1. The van der Waals surface area contributed by atoms with Crippen molar-refractivity contribution in [2.24, 2.45) is 5.92 Å². The van der Waals surface area contributed by atoms with Gasteiger partial charge in [-0.05, 0) is 38.1 Å². The number of hydrogen-bond acceptors (Lipinski definition) is 3. The maximum absolute atomic E-state index is 10.1. The fraction of sp³-hybridized carbons (Fsp3) is 1.00. The molecule has 2 rings (SSSR count). The summed E-state index contributed by atoms with van der Waals surface area (Å²) in [6, 6.07) is 0. The number of rotatable bonds is 7. The van der Waals surface area contributed by atoms with Crippen LogP contribution in [0.25, 0.3) is 0 Å². The van der Waals surface area contributed by atoms with Crippen molar-refractivity contribution in [2.75, 3.05) is 32.8 Å². The van der Waals surface area contributed by atoms with E-state index in [0.717, 1.165) is 45.1 Å². The molecule has 0 aromatic carbocycles. The van der Waals surface area contributed by atoms with E-state index in [0.29, 0.717) is 0 Å². The first kappa shape index (κ1) is 14.3. The molecule has 3 heteroatoms. The molecule has 0 unspecified atom stereocenters. The Balaban J connectivity index is 1.47. The van der Waals surface area contributed by atoms with Gasteiger partial charge in [0.25, 0.3) is 0 Å². The number of nitrogens with zero attached hydrogens (tertiary/aromatic N) is 1. The lowest BCUT2D eigenvalue weighted by Gasteiger charge is -2.46. The summed E-state index contributed by atoms with van der Waals surface area (Å²) in [5.74, 6) is 0.909. The highest BCUT2D eigenvalue weighted by Gasteiger charge is 2.39. The van der Waals surface area contributed by atoms with Crippen LogP contribution in [0.1, 0.15) is 51.9 Å². The van der Waals surface area contributed by atoms with Crippen LogP contribution >= 0.6 is 0 Å². The van der Waals surface area contributed by atoms with E-state index in [1.165, 1.54) is 38.6 Å². The van der Waals surface area contributed by atoms with E-state index in [-0.39, 0.29) is 5.60 Å². The van der Waals surface area contributed by atoms with Gasteiger partial charge in [-0.2, -0.15) is 0 Å². The topological polar surface area (TPSA) is 32.7 Å². The van der Waals surface area contributed by atoms with Crippen LogP contribution in [-0.4, -0.2) is 48.5 Å². The molecule has 18 heavy (non-hydrogen) atoms. The van der Waals surface area contributed by atoms with Crippen LogP contribution in [0, 0.1) is 5.92 Å². The summed E-state index contributed by atoms with van der Waals surface area (Å²) in [6.07, 6.45) is 8.59. The van der Waals surface area contributed by atoms with Gasteiger partial charge in [0.2, 0.25) is 0 Å². The van der Waals surface area contributed by atoms with Gasteiger partial charge in [0.05, 0.1) is 5.60 Å². The second-order valence-electron chi connectivity index (χ2n) is 6.24. The van der Waals surface area contributed by atoms with Crippen LogP contribution in [0.3, 0.4) is 0 Å². The van der Waals surface area contributed by atoms with Crippen molar-refractivity contribution < 1.29 is 9.84 Å². The van der Waals surface area contributed by atoms with Crippen molar-refractivity contribution in [3.8, 4) is 0 Å². The van der Waals surface area contributed by atoms with Gasteiger partial charge in [0, 0.05) is 26.3 Å². The molecule has 3 nitrogen and oxygen atoms in total. The minimum Gasteiger partial charge on any atom is -0.387 e. The van der Waals surface area contributed by atoms with Crippen LogP contribution < -0.4 is 0 Å². The van der Waals surface area contributed by atoms with Crippen LogP contribution in [-0.2, 0) is 4.74 Å². The molecule has 2 aliphatic heterocycles. The molecule has 0 aliphatic carbocycles. The molecule has 0 atom stereocenters. The van der Waals surface area contributed by atoms with E-state index >= 15 is 0 Å². The van der Waals surface area contributed by atoms with Crippen LogP contribution in [0.4, 0.5) is 0 Å². The molecule has 0 amide bonds. The molecule has 106 valence electrons. The third kappa shape index (κ3) is 4.22. The van der Waals surface area contributed by atoms with Crippen LogP contribution in [0.15, 0.2) is 0 Å². The highest BCUT2D eigenvalue weighted by atomic mass is 16.5. The van der Waals surface area contributed by atoms with Crippen molar-refractivity contribution in [2.45, 2.75) is 57.5 Å². The van der Waals surface area contributed by atoms with Gasteiger partial charge < -0.3 is 9.84 Å². The Kier molecular flexibility index (Phi) is 5.46. The summed E-state index contributed by atoms with van der Waals surface area (Å²) in [4.78, 5) is 2.40. The van der Waals surface area contributed by atoms with Crippen molar-refractivity contribution in [1.82, 2.24) is 4.90 Å². The summed E-state index contributed by atoms with van der Waals surface area (Å²) in [6.45, 7) is 7.07. The second kappa shape index (κ2) is 6.88. The molecule has 2 aliphatic rings. The maximum Gasteiger partial charge on any atom is 0.0900 e. The van der Waals surface area contributed by atoms with Crippen molar-refractivity contribution in [3.05, 3.63) is 0 Å². The number of aliphatic hydroxyl groups is 1. The van der Waals surface area contributed by atoms with Crippen molar-refractivity contribution in [1.29, 1.82) is 0 Å². The van der Waals surface area contributed by atoms with Gasteiger partial charge >= 0.3 is 0 Å². The third-order valence-electron chi connectivity index (χ3n) is 4.43. The number of ether oxygens (including phenoxy) is 1. The van der Waals surface area contributed by atoms with E-state index in [4.69, 9.17) is 4.74 Å². The Morgan fingerprint density at radius 3 is 2.61 bits per heavy atom. The summed E-state index contributed by atoms with van der Waals surface area (Å²) in [5, 5.41) is 10.1. The lowest BCUT2D eigenvalue weighted by molar-refractivity contribution is -0.103. The van der Waals surface area contributed by atoms with E-state index < -0.39 is 0 Å². The van der Waals surface area contributed by atoms with Gasteiger partial charge in [-0.3, -0.25) is 4.90 Å². The molecule has 2 saturated heterocycles. The maximum atomic E-state index is 10.1. The molecule has 0 bridgehead atoms. The predicted octanol–water partition coefficient (Wildman–Crippen LogP) is 2.43. The van der Waals surface area contributed by atoms with Gasteiger partial charge in [0.1, 0.15) is 0 Å². The molecular weight excluding hydrogens is 226 g/mol. The number of β-amino-alcohol motifs (C(OH)–C–C–N with tert-alkyl or cyclic N) is 1. The van der Waals surface area contributed by atoms with E-state index in [1.54, 1.807) is 0 Å². The van der Waals surface area contributed by atoms with Crippen molar-refractivity contribution >= 4 is 0 Å². The fourth-order valence-electron chi connectivity index (χ4n) is 3.37. The molecule has 1 N–H and O–H groups in total. The van der Waals surface area contributed by atoms with E-state index in [9.17, 15) is 5.11 Å². The Morgan fingerprint density at radius 1 is 1.22 bits per heavy atom. The molecule has 0 spiro atoms. The largest absolute Gasteiger partial charge is 0.387 e. The van der Waals surface area contributed by atoms with Gasteiger partial charge in [-0.15, -0.1) is 0 Å². The lowest BCUT2D eigenvalue weighted by atomic mass is 9.89. The highest BCUT2D eigenvalue weighted by Crippen LogP contribution is 2.26.